The number of rotatable bonds is 7. The van der Waals surface area contributed by atoms with Crippen molar-refractivity contribution in [1.82, 2.24) is 15.2 Å². The van der Waals surface area contributed by atoms with Gasteiger partial charge in [0.2, 0.25) is 11.8 Å². The number of ether oxygens (including phenoxy) is 2. The van der Waals surface area contributed by atoms with Crippen LogP contribution in [0.1, 0.15) is 6.42 Å². The van der Waals surface area contributed by atoms with E-state index in [0.717, 1.165) is 5.39 Å². The van der Waals surface area contributed by atoms with Crippen LogP contribution in [0.4, 0.5) is 0 Å². The first-order valence-electron chi connectivity index (χ1n) is 10.1. The first-order chi connectivity index (χ1) is 15.1. The zero-order valence-corrected chi connectivity index (χ0v) is 16.9. The molecule has 0 saturated carbocycles. The van der Waals surface area contributed by atoms with Crippen molar-refractivity contribution in [2.24, 2.45) is 0 Å². The summed E-state index contributed by atoms with van der Waals surface area (Å²) in [6.45, 7) is 0.748. The topological polar surface area (TPSA) is 98.7 Å². The lowest BCUT2D eigenvalue weighted by molar-refractivity contribution is -0.122. The second-order valence-electron chi connectivity index (χ2n) is 7.24. The van der Waals surface area contributed by atoms with Gasteiger partial charge in [-0.25, -0.2) is 0 Å². The number of carbonyl (C=O) groups is 2. The van der Waals surface area contributed by atoms with Crippen molar-refractivity contribution in [3.8, 4) is 11.5 Å². The Labute approximate surface area is 178 Å². The van der Waals surface area contributed by atoms with E-state index in [-0.39, 0.29) is 43.0 Å². The van der Waals surface area contributed by atoms with Crippen molar-refractivity contribution in [2.75, 3.05) is 19.7 Å². The number of para-hydroxylation sites is 2. The standard InChI is InChI=1S/C23H23N3O5/c27-21(25-13-17-15-30-19-7-3-4-8-20(19)31-17)9-11-24-22(28)14-26-12-10-16-5-1-2-6-18(16)23(26)29/h1-8,10,12,17H,9,11,13-15H2,(H,24,28)(H,25,27)/t17-/m0/s1. The van der Waals surface area contributed by atoms with E-state index < -0.39 is 0 Å². The molecule has 1 aliphatic rings. The van der Waals surface area contributed by atoms with Crippen LogP contribution in [0.5, 0.6) is 11.5 Å². The van der Waals surface area contributed by atoms with E-state index in [4.69, 9.17) is 9.47 Å². The van der Waals surface area contributed by atoms with Gasteiger partial charge in [-0.3, -0.25) is 14.4 Å². The first-order valence-corrected chi connectivity index (χ1v) is 10.1. The monoisotopic (exact) mass is 421 g/mol. The lowest BCUT2D eigenvalue weighted by atomic mass is 10.2. The minimum atomic E-state index is -0.328. The second kappa shape index (κ2) is 9.34. The predicted octanol–water partition coefficient (Wildman–Crippen LogP) is 1.46. The van der Waals surface area contributed by atoms with Gasteiger partial charge >= 0.3 is 0 Å². The Morgan fingerprint density at radius 3 is 2.61 bits per heavy atom. The highest BCUT2D eigenvalue weighted by atomic mass is 16.6. The largest absolute Gasteiger partial charge is 0.486 e. The zero-order valence-electron chi connectivity index (χ0n) is 16.9. The molecule has 4 rings (SSSR count). The Morgan fingerprint density at radius 2 is 1.74 bits per heavy atom. The molecular formula is C23H23N3O5. The van der Waals surface area contributed by atoms with Crippen LogP contribution in [0.2, 0.25) is 0 Å². The highest BCUT2D eigenvalue weighted by Crippen LogP contribution is 2.30. The summed E-state index contributed by atoms with van der Waals surface area (Å²) in [6.07, 6.45) is 1.46. The fourth-order valence-electron chi connectivity index (χ4n) is 3.36. The van der Waals surface area contributed by atoms with Gasteiger partial charge in [-0.05, 0) is 29.7 Å². The number of benzene rings is 2. The summed E-state index contributed by atoms with van der Waals surface area (Å²) in [5.74, 6) is 0.818. The van der Waals surface area contributed by atoms with Gasteiger partial charge in [0.05, 0.1) is 6.54 Å². The van der Waals surface area contributed by atoms with Gasteiger partial charge in [0.1, 0.15) is 19.3 Å². The molecule has 2 aromatic carbocycles. The SMILES string of the molecule is O=C(CCNC(=O)Cn1ccc2ccccc2c1=O)NC[C@H]1COc2ccccc2O1. The molecular weight excluding hydrogens is 398 g/mol. The van der Waals surface area contributed by atoms with Gasteiger partial charge in [-0.15, -0.1) is 0 Å². The summed E-state index contributed by atoms with van der Waals surface area (Å²) in [7, 11) is 0. The average Bonchev–Trinajstić information content (AvgIpc) is 2.79. The van der Waals surface area contributed by atoms with Gasteiger partial charge in [-0.2, -0.15) is 0 Å². The molecule has 31 heavy (non-hydrogen) atoms. The lowest BCUT2D eigenvalue weighted by Gasteiger charge is -2.26. The van der Waals surface area contributed by atoms with E-state index in [1.807, 2.05) is 36.4 Å². The molecule has 0 radical (unpaired) electrons. The number of hydrogen-bond acceptors (Lipinski definition) is 5. The number of fused-ring (bicyclic) bond motifs is 2. The molecule has 0 bridgehead atoms. The Hall–Kier alpha value is -3.81. The number of amides is 2. The molecule has 3 aromatic rings. The summed E-state index contributed by atoms with van der Waals surface area (Å²) in [6, 6.07) is 16.4. The molecule has 1 aromatic heterocycles. The molecule has 1 aliphatic heterocycles. The molecule has 0 fully saturated rings. The van der Waals surface area contributed by atoms with Crippen molar-refractivity contribution in [3.05, 3.63) is 71.1 Å². The Morgan fingerprint density at radius 1 is 0.968 bits per heavy atom. The Kier molecular flexibility index (Phi) is 6.16. The maximum absolute atomic E-state index is 12.5. The van der Waals surface area contributed by atoms with Crippen LogP contribution < -0.4 is 25.7 Å². The third kappa shape index (κ3) is 5.03. The summed E-state index contributed by atoms with van der Waals surface area (Å²) in [4.78, 5) is 36.7. The van der Waals surface area contributed by atoms with Crippen LogP contribution in [-0.4, -0.2) is 42.2 Å². The maximum Gasteiger partial charge on any atom is 0.258 e. The van der Waals surface area contributed by atoms with Gasteiger partial charge in [-0.1, -0.05) is 30.3 Å². The number of nitrogens with zero attached hydrogens (tertiary/aromatic N) is 1. The molecule has 8 heteroatoms. The van der Waals surface area contributed by atoms with Crippen molar-refractivity contribution >= 4 is 22.6 Å². The normalized spacial score (nSPS) is 14.8. The first kappa shape index (κ1) is 20.5. The molecule has 1 atom stereocenters. The Bertz CT molecular complexity index is 1160. The van der Waals surface area contributed by atoms with Crippen LogP contribution in [0, 0.1) is 0 Å². The van der Waals surface area contributed by atoms with Crippen LogP contribution in [0.15, 0.2) is 65.6 Å². The molecule has 160 valence electrons. The number of hydrogen-bond donors (Lipinski definition) is 2. The zero-order chi connectivity index (χ0) is 21.6. The minimum Gasteiger partial charge on any atom is -0.486 e. The fourth-order valence-corrected chi connectivity index (χ4v) is 3.36. The van der Waals surface area contributed by atoms with Gasteiger partial charge < -0.3 is 24.7 Å². The molecule has 2 heterocycles. The quantitative estimate of drug-likeness (QED) is 0.602. The number of pyridine rings is 1. The summed E-state index contributed by atoms with van der Waals surface area (Å²) in [5.41, 5.74) is -0.220. The lowest BCUT2D eigenvalue weighted by Crippen LogP contribution is -2.41. The van der Waals surface area contributed by atoms with E-state index in [9.17, 15) is 14.4 Å². The van der Waals surface area contributed by atoms with E-state index in [2.05, 4.69) is 10.6 Å². The van der Waals surface area contributed by atoms with Crippen molar-refractivity contribution < 1.29 is 19.1 Å². The highest BCUT2D eigenvalue weighted by molar-refractivity contribution is 5.82. The minimum absolute atomic E-state index is 0.0993. The fraction of sp³-hybridized carbons (Fsp3) is 0.261. The van der Waals surface area contributed by atoms with Crippen molar-refractivity contribution in [1.29, 1.82) is 0 Å². The number of nitrogens with one attached hydrogen (secondary N) is 2. The third-order valence-corrected chi connectivity index (χ3v) is 4.97. The Balaban J connectivity index is 1.19. The summed E-state index contributed by atoms with van der Waals surface area (Å²) in [5, 5.41) is 6.85. The molecule has 2 N–H and O–H groups in total. The van der Waals surface area contributed by atoms with E-state index in [1.165, 1.54) is 4.57 Å². The molecule has 0 saturated heterocycles. The molecule has 0 unspecified atom stereocenters. The predicted molar refractivity (Wildman–Crippen MR) is 115 cm³/mol. The summed E-state index contributed by atoms with van der Waals surface area (Å²) >= 11 is 0. The molecule has 0 aliphatic carbocycles. The molecule has 2 amide bonds. The number of aromatic nitrogens is 1. The third-order valence-electron chi connectivity index (χ3n) is 4.97. The number of carbonyl (C=O) groups excluding carboxylic acids is 2. The maximum atomic E-state index is 12.5. The van der Waals surface area contributed by atoms with Gasteiger partial charge in [0.15, 0.2) is 11.5 Å². The van der Waals surface area contributed by atoms with E-state index >= 15 is 0 Å². The van der Waals surface area contributed by atoms with Crippen LogP contribution in [-0.2, 0) is 16.1 Å². The average molecular weight is 421 g/mol. The molecule has 8 nitrogen and oxygen atoms in total. The van der Waals surface area contributed by atoms with Crippen LogP contribution in [0.25, 0.3) is 10.8 Å². The van der Waals surface area contributed by atoms with Crippen molar-refractivity contribution in [3.63, 3.8) is 0 Å². The van der Waals surface area contributed by atoms with Crippen LogP contribution >= 0.6 is 0 Å². The van der Waals surface area contributed by atoms with Gasteiger partial charge in [0, 0.05) is 24.5 Å². The van der Waals surface area contributed by atoms with Crippen molar-refractivity contribution in [2.45, 2.75) is 19.1 Å². The highest BCUT2D eigenvalue weighted by Gasteiger charge is 2.21. The van der Waals surface area contributed by atoms with Gasteiger partial charge in [0.25, 0.3) is 5.56 Å². The smallest absolute Gasteiger partial charge is 0.258 e. The van der Waals surface area contributed by atoms with E-state index in [0.29, 0.717) is 30.0 Å². The van der Waals surface area contributed by atoms with E-state index in [1.54, 1.807) is 24.4 Å². The van der Waals surface area contributed by atoms with Crippen LogP contribution in [0.3, 0.4) is 0 Å². The second-order valence-corrected chi connectivity index (χ2v) is 7.24. The summed E-state index contributed by atoms with van der Waals surface area (Å²) < 4.78 is 12.8. The molecule has 0 spiro atoms.